The van der Waals surface area contributed by atoms with E-state index in [4.69, 9.17) is 0 Å². The largest absolute Gasteiger partial charge is 0.247 e. The summed E-state index contributed by atoms with van der Waals surface area (Å²) in [7, 11) is 0. The molecule has 0 saturated carbocycles. The number of benzene rings is 2. The molecule has 0 spiro atoms. The highest BCUT2D eigenvalue weighted by atomic mass is 19.1. The summed E-state index contributed by atoms with van der Waals surface area (Å²) in [6.07, 6.45) is 0. The first-order valence-corrected chi connectivity index (χ1v) is 5.23. The number of hydrogen-bond acceptors (Lipinski definition) is 1. The average molecular weight is 231 g/mol. The van der Waals surface area contributed by atoms with E-state index in [2.05, 4.69) is 4.99 Å². The zero-order valence-corrected chi connectivity index (χ0v) is 9.32. The molecular weight excluding hydrogens is 220 g/mol. The molecule has 2 rings (SSSR count). The molecule has 0 fully saturated rings. The van der Waals surface area contributed by atoms with E-state index in [0.717, 1.165) is 5.56 Å². The number of nitrogens with zero attached hydrogens (tertiary/aromatic N) is 1. The molecule has 1 nitrogen and oxygen atoms in total. The van der Waals surface area contributed by atoms with Crippen molar-refractivity contribution in [2.75, 3.05) is 0 Å². The molecular formula is C14H11F2N. The predicted octanol–water partition coefficient (Wildman–Crippen LogP) is 4.11. The summed E-state index contributed by atoms with van der Waals surface area (Å²) in [5.41, 5.74) is 1.18. The lowest BCUT2D eigenvalue weighted by atomic mass is 10.1. The third-order valence-electron chi connectivity index (χ3n) is 2.41. The third-order valence-corrected chi connectivity index (χ3v) is 2.41. The summed E-state index contributed by atoms with van der Waals surface area (Å²) in [5, 5.41) is 0. The lowest BCUT2D eigenvalue weighted by molar-refractivity contribution is 0.587. The van der Waals surface area contributed by atoms with Gasteiger partial charge in [-0.05, 0) is 24.6 Å². The minimum atomic E-state index is -0.653. The van der Waals surface area contributed by atoms with Crippen molar-refractivity contribution in [1.29, 1.82) is 0 Å². The van der Waals surface area contributed by atoms with Crippen LogP contribution in [0, 0.1) is 11.6 Å². The molecule has 2 aromatic carbocycles. The van der Waals surface area contributed by atoms with Gasteiger partial charge in [-0.2, -0.15) is 0 Å². The van der Waals surface area contributed by atoms with Crippen LogP contribution in [0.1, 0.15) is 12.5 Å². The Balaban J connectivity index is 2.43. The standard InChI is InChI=1S/C14H11F2N/c1-10(11-6-3-2-4-7-11)17-14-12(15)8-5-9-13(14)16/h2-9H,1H3. The Morgan fingerprint density at radius 1 is 0.882 bits per heavy atom. The van der Waals surface area contributed by atoms with Crippen LogP contribution >= 0.6 is 0 Å². The highest BCUT2D eigenvalue weighted by Gasteiger charge is 2.07. The van der Waals surface area contributed by atoms with Crippen molar-refractivity contribution in [3.05, 3.63) is 65.7 Å². The van der Waals surface area contributed by atoms with Gasteiger partial charge in [0.05, 0.1) is 0 Å². The van der Waals surface area contributed by atoms with Crippen LogP contribution in [0.5, 0.6) is 0 Å². The normalized spacial score (nSPS) is 11.6. The Morgan fingerprint density at radius 3 is 2.06 bits per heavy atom. The van der Waals surface area contributed by atoms with Crippen molar-refractivity contribution in [2.45, 2.75) is 6.92 Å². The van der Waals surface area contributed by atoms with Crippen LogP contribution < -0.4 is 0 Å². The van der Waals surface area contributed by atoms with E-state index in [1.165, 1.54) is 18.2 Å². The number of halogens is 2. The monoisotopic (exact) mass is 231 g/mol. The van der Waals surface area contributed by atoms with Crippen molar-refractivity contribution in [3.8, 4) is 0 Å². The van der Waals surface area contributed by atoms with Crippen molar-refractivity contribution in [1.82, 2.24) is 0 Å². The highest BCUT2D eigenvalue weighted by molar-refractivity contribution is 6.00. The molecule has 86 valence electrons. The molecule has 0 aliphatic rings. The summed E-state index contributed by atoms with van der Waals surface area (Å²) >= 11 is 0. The first-order chi connectivity index (χ1) is 8.18. The van der Waals surface area contributed by atoms with Crippen LogP contribution in [0.4, 0.5) is 14.5 Å². The molecule has 0 radical (unpaired) electrons. The van der Waals surface area contributed by atoms with Crippen LogP contribution in [-0.2, 0) is 0 Å². The Bertz CT molecular complexity index is 527. The zero-order chi connectivity index (χ0) is 12.3. The van der Waals surface area contributed by atoms with Gasteiger partial charge in [-0.25, -0.2) is 13.8 Å². The van der Waals surface area contributed by atoms with Crippen molar-refractivity contribution >= 4 is 11.4 Å². The third kappa shape index (κ3) is 2.56. The number of para-hydroxylation sites is 1. The summed E-state index contributed by atoms with van der Waals surface area (Å²) in [5.74, 6) is -1.31. The van der Waals surface area contributed by atoms with Gasteiger partial charge < -0.3 is 0 Å². The number of rotatable bonds is 2. The van der Waals surface area contributed by atoms with E-state index >= 15 is 0 Å². The second-order valence-electron chi connectivity index (χ2n) is 3.63. The van der Waals surface area contributed by atoms with E-state index < -0.39 is 11.6 Å². The molecule has 3 heteroatoms. The molecule has 17 heavy (non-hydrogen) atoms. The lowest BCUT2D eigenvalue weighted by Crippen LogP contribution is -1.94. The van der Waals surface area contributed by atoms with E-state index in [9.17, 15) is 8.78 Å². The Morgan fingerprint density at radius 2 is 1.47 bits per heavy atom. The molecule has 0 aliphatic heterocycles. The molecule has 0 unspecified atom stereocenters. The fraction of sp³-hybridized carbons (Fsp3) is 0.0714. The van der Waals surface area contributed by atoms with E-state index in [0.29, 0.717) is 5.71 Å². The highest BCUT2D eigenvalue weighted by Crippen LogP contribution is 2.22. The second-order valence-corrected chi connectivity index (χ2v) is 3.63. The molecule has 0 bridgehead atoms. The van der Waals surface area contributed by atoms with Gasteiger partial charge in [-0.3, -0.25) is 0 Å². The van der Waals surface area contributed by atoms with Gasteiger partial charge in [-0.1, -0.05) is 36.4 Å². The molecule has 0 heterocycles. The molecule has 0 saturated heterocycles. The molecule has 0 amide bonds. The Labute approximate surface area is 98.4 Å². The van der Waals surface area contributed by atoms with Gasteiger partial charge >= 0.3 is 0 Å². The fourth-order valence-electron chi connectivity index (χ4n) is 1.51. The van der Waals surface area contributed by atoms with Gasteiger partial charge in [0.25, 0.3) is 0 Å². The van der Waals surface area contributed by atoms with Crippen molar-refractivity contribution in [3.63, 3.8) is 0 Å². The van der Waals surface area contributed by atoms with Gasteiger partial charge in [0, 0.05) is 5.71 Å². The molecule has 2 aromatic rings. The maximum atomic E-state index is 13.4. The Kier molecular flexibility index (Phi) is 3.28. The van der Waals surface area contributed by atoms with E-state index in [1.807, 2.05) is 30.3 Å². The zero-order valence-electron chi connectivity index (χ0n) is 9.32. The second kappa shape index (κ2) is 4.87. The smallest absolute Gasteiger partial charge is 0.151 e. The minimum Gasteiger partial charge on any atom is -0.247 e. The van der Waals surface area contributed by atoms with Crippen LogP contribution in [0.25, 0.3) is 0 Å². The van der Waals surface area contributed by atoms with Gasteiger partial charge in [0.1, 0.15) is 5.69 Å². The number of hydrogen-bond donors (Lipinski definition) is 0. The van der Waals surface area contributed by atoms with E-state index in [1.54, 1.807) is 6.92 Å². The summed E-state index contributed by atoms with van der Waals surface area (Å²) in [6.45, 7) is 1.72. The lowest BCUT2D eigenvalue weighted by Gasteiger charge is -2.02. The average Bonchev–Trinajstić information content (AvgIpc) is 2.35. The van der Waals surface area contributed by atoms with Crippen LogP contribution in [-0.4, -0.2) is 5.71 Å². The van der Waals surface area contributed by atoms with Gasteiger partial charge in [0.2, 0.25) is 0 Å². The fourth-order valence-corrected chi connectivity index (χ4v) is 1.51. The topological polar surface area (TPSA) is 12.4 Å². The van der Waals surface area contributed by atoms with Crippen LogP contribution in [0.3, 0.4) is 0 Å². The van der Waals surface area contributed by atoms with E-state index in [-0.39, 0.29) is 5.69 Å². The summed E-state index contributed by atoms with van der Waals surface area (Å²) in [6, 6.07) is 13.0. The minimum absolute atomic E-state index is 0.242. The van der Waals surface area contributed by atoms with Crippen molar-refractivity contribution < 1.29 is 8.78 Å². The van der Waals surface area contributed by atoms with Crippen LogP contribution in [0.2, 0.25) is 0 Å². The Hall–Kier alpha value is -2.03. The first kappa shape index (κ1) is 11.5. The first-order valence-electron chi connectivity index (χ1n) is 5.23. The SMILES string of the molecule is CC(=Nc1c(F)cccc1F)c1ccccc1. The molecule has 0 aliphatic carbocycles. The molecule has 0 N–H and O–H groups in total. The maximum absolute atomic E-state index is 13.4. The van der Waals surface area contributed by atoms with Gasteiger partial charge in [-0.15, -0.1) is 0 Å². The maximum Gasteiger partial charge on any atom is 0.151 e. The molecule has 0 atom stereocenters. The predicted molar refractivity (Wildman–Crippen MR) is 64.7 cm³/mol. The summed E-state index contributed by atoms with van der Waals surface area (Å²) in [4.78, 5) is 4.00. The van der Waals surface area contributed by atoms with Crippen molar-refractivity contribution in [2.24, 2.45) is 4.99 Å². The van der Waals surface area contributed by atoms with Gasteiger partial charge in [0.15, 0.2) is 11.6 Å². The number of aliphatic imine (C=N–C) groups is 1. The quantitative estimate of drug-likeness (QED) is 0.690. The molecule has 0 aromatic heterocycles. The van der Waals surface area contributed by atoms with Crippen LogP contribution in [0.15, 0.2) is 53.5 Å². The summed E-state index contributed by atoms with van der Waals surface area (Å²) < 4.78 is 26.8.